The first kappa shape index (κ1) is 18.1. The van der Waals surface area contributed by atoms with Gasteiger partial charge in [0.2, 0.25) is 5.91 Å². The van der Waals surface area contributed by atoms with Gasteiger partial charge in [0.1, 0.15) is 11.5 Å². The standard InChI is InChI=1S/C18H26N2O4/c1-4-5-6-17(21)19-9-11-20(12-10-19)18(22)15-8-7-14(23-2)13-16(15)24-3/h7-8,13H,4-6,9-12H2,1-3H3. The van der Waals surface area contributed by atoms with E-state index in [9.17, 15) is 9.59 Å². The van der Waals surface area contributed by atoms with Crippen molar-refractivity contribution in [1.29, 1.82) is 0 Å². The minimum atomic E-state index is -0.0739. The summed E-state index contributed by atoms with van der Waals surface area (Å²) in [5.41, 5.74) is 0.518. The molecule has 1 fully saturated rings. The zero-order chi connectivity index (χ0) is 17.5. The van der Waals surface area contributed by atoms with Crippen molar-refractivity contribution in [2.24, 2.45) is 0 Å². The summed E-state index contributed by atoms with van der Waals surface area (Å²) in [6.07, 6.45) is 2.53. The van der Waals surface area contributed by atoms with Gasteiger partial charge in [-0.05, 0) is 18.6 Å². The number of benzene rings is 1. The SMILES string of the molecule is CCCCC(=O)N1CCN(C(=O)c2ccc(OC)cc2OC)CC1. The topological polar surface area (TPSA) is 59.1 Å². The van der Waals surface area contributed by atoms with Crippen molar-refractivity contribution in [2.45, 2.75) is 26.2 Å². The molecule has 0 N–H and O–H groups in total. The highest BCUT2D eigenvalue weighted by atomic mass is 16.5. The summed E-state index contributed by atoms with van der Waals surface area (Å²) in [5.74, 6) is 1.26. The molecular weight excluding hydrogens is 308 g/mol. The maximum atomic E-state index is 12.7. The van der Waals surface area contributed by atoms with E-state index in [4.69, 9.17) is 9.47 Å². The Balaban J connectivity index is 1.99. The van der Waals surface area contributed by atoms with E-state index in [1.165, 1.54) is 7.11 Å². The van der Waals surface area contributed by atoms with Gasteiger partial charge in [0.15, 0.2) is 0 Å². The van der Waals surface area contributed by atoms with Crippen LogP contribution in [-0.4, -0.2) is 62.0 Å². The summed E-state index contributed by atoms with van der Waals surface area (Å²) in [5, 5.41) is 0. The lowest BCUT2D eigenvalue weighted by Gasteiger charge is -2.35. The number of carbonyl (C=O) groups excluding carboxylic acids is 2. The van der Waals surface area contributed by atoms with Crippen LogP contribution in [0.15, 0.2) is 18.2 Å². The molecule has 6 nitrogen and oxygen atoms in total. The molecule has 132 valence electrons. The Labute approximate surface area is 143 Å². The number of rotatable bonds is 6. The zero-order valence-corrected chi connectivity index (χ0v) is 14.7. The molecule has 0 spiro atoms. The molecule has 24 heavy (non-hydrogen) atoms. The first-order chi connectivity index (χ1) is 11.6. The Hall–Kier alpha value is -2.24. The maximum Gasteiger partial charge on any atom is 0.257 e. The minimum Gasteiger partial charge on any atom is -0.497 e. The van der Waals surface area contributed by atoms with Crippen molar-refractivity contribution >= 4 is 11.8 Å². The fourth-order valence-corrected chi connectivity index (χ4v) is 2.79. The van der Waals surface area contributed by atoms with Gasteiger partial charge in [0.25, 0.3) is 5.91 Å². The monoisotopic (exact) mass is 334 g/mol. The maximum absolute atomic E-state index is 12.7. The molecule has 0 radical (unpaired) electrons. The molecular formula is C18H26N2O4. The Morgan fingerprint density at radius 1 is 1.04 bits per heavy atom. The van der Waals surface area contributed by atoms with Gasteiger partial charge in [-0.1, -0.05) is 13.3 Å². The molecule has 6 heteroatoms. The van der Waals surface area contributed by atoms with Gasteiger partial charge >= 0.3 is 0 Å². The second-order valence-electron chi connectivity index (χ2n) is 5.84. The third-order valence-corrected chi connectivity index (χ3v) is 4.30. The predicted molar refractivity (Wildman–Crippen MR) is 91.6 cm³/mol. The highest BCUT2D eigenvalue weighted by molar-refractivity contribution is 5.97. The highest BCUT2D eigenvalue weighted by Gasteiger charge is 2.26. The van der Waals surface area contributed by atoms with Gasteiger partial charge < -0.3 is 19.3 Å². The molecule has 0 aliphatic carbocycles. The third kappa shape index (κ3) is 4.19. The molecule has 2 amide bonds. The number of hydrogen-bond donors (Lipinski definition) is 0. The Morgan fingerprint density at radius 3 is 2.29 bits per heavy atom. The van der Waals surface area contributed by atoms with E-state index in [1.807, 2.05) is 4.90 Å². The number of amides is 2. The quantitative estimate of drug-likeness (QED) is 0.800. The Bertz CT molecular complexity index is 580. The fourth-order valence-electron chi connectivity index (χ4n) is 2.79. The number of methoxy groups -OCH3 is 2. The number of ether oxygens (including phenoxy) is 2. The van der Waals surface area contributed by atoms with Crippen LogP contribution in [0, 0.1) is 0 Å². The summed E-state index contributed by atoms with van der Waals surface area (Å²) < 4.78 is 10.5. The highest BCUT2D eigenvalue weighted by Crippen LogP contribution is 2.26. The molecule has 1 saturated heterocycles. The molecule has 1 aliphatic rings. The summed E-state index contributed by atoms with van der Waals surface area (Å²) in [6.45, 7) is 4.35. The van der Waals surface area contributed by atoms with Crippen LogP contribution < -0.4 is 9.47 Å². The average molecular weight is 334 g/mol. The van der Waals surface area contributed by atoms with Gasteiger partial charge in [-0.2, -0.15) is 0 Å². The second kappa shape index (κ2) is 8.57. The largest absolute Gasteiger partial charge is 0.497 e. The molecule has 2 rings (SSSR count). The summed E-state index contributed by atoms with van der Waals surface area (Å²) >= 11 is 0. The van der Waals surface area contributed by atoms with Gasteiger partial charge in [-0.15, -0.1) is 0 Å². The van der Waals surface area contributed by atoms with Crippen LogP contribution in [0.4, 0.5) is 0 Å². The van der Waals surface area contributed by atoms with E-state index in [2.05, 4.69) is 6.92 Å². The van der Waals surface area contributed by atoms with Crippen molar-refractivity contribution in [3.8, 4) is 11.5 Å². The van der Waals surface area contributed by atoms with Crippen molar-refractivity contribution in [1.82, 2.24) is 9.80 Å². The van der Waals surface area contributed by atoms with Crippen molar-refractivity contribution in [3.05, 3.63) is 23.8 Å². The van der Waals surface area contributed by atoms with E-state index in [1.54, 1.807) is 30.2 Å². The van der Waals surface area contributed by atoms with Gasteiger partial charge in [0.05, 0.1) is 19.8 Å². The number of carbonyl (C=O) groups is 2. The average Bonchev–Trinajstić information content (AvgIpc) is 2.65. The Kier molecular flexibility index (Phi) is 6.46. The molecule has 1 aliphatic heterocycles. The third-order valence-electron chi connectivity index (χ3n) is 4.30. The molecule has 0 bridgehead atoms. The molecule has 1 heterocycles. The van der Waals surface area contributed by atoms with Gasteiger partial charge in [-0.25, -0.2) is 0 Å². The van der Waals surface area contributed by atoms with E-state index in [0.717, 1.165) is 12.8 Å². The van der Waals surface area contributed by atoms with Gasteiger partial charge in [0, 0.05) is 38.7 Å². The van der Waals surface area contributed by atoms with Crippen molar-refractivity contribution < 1.29 is 19.1 Å². The Morgan fingerprint density at radius 2 is 1.71 bits per heavy atom. The molecule has 0 aromatic heterocycles. The molecule has 0 atom stereocenters. The van der Waals surface area contributed by atoms with Gasteiger partial charge in [-0.3, -0.25) is 9.59 Å². The molecule has 0 unspecified atom stereocenters. The first-order valence-electron chi connectivity index (χ1n) is 8.39. The summed E-state index contributed by atoms with van der Waals surface area (Å²) in [7, 11) is 3.11. The number of hydrogen-bond acceptors (Lipinski definition) is 4. The van der Waals surface area contributed by atoms with E-state index in [-0.39, 0.29) is 11.8 Å². The van der Waals surface area contributed by atoms with E-state index in [0.29, 0.717) is 49.7 Å². The fraction of sp³-hybridized carbons (Fsp3) is 0.556. The lowest BCUT2D eigenvalue weighted by molar-refractivity contribution is -0.132. The van der Waals surface area contributed by atoms with Crippen molar-refractivity contribution in [3.63, 3.8) is 0 Å². The number of unbranched alkanes of at least 4 members (excludes halogenated alkanes) is 1. The lowest BCUT2D eigenvalue weighted by Crippen LogP contribution is -2.50. The lowest BCUT2D eigenvalue weighted by atomic mass is 10.1. The van der Waals surface area contributed by atoms with Crippen LogP contribution in [0.3, 0.4) is 0 Å². The van der Waals surface area contributed by atoms with Crippen LogP contribution in [0.1, 0.15) is 36.5 Å². The molecule has 0 saturated carbocycles. The molecule has 1 aromatic rings. The first-order valence-corrected chi connectivity index (χ1v) is 8.39. The van der Waals surface area contributed by atoms with Crippen LogP contribution in [0.2, 0.25) is 0 Å². The molecule has 1 aromatic carbocycles. The normalized spacial score (nSPS) is 14.5. The van der Waals surface area contributed by atoms with Crippen LogP contribution in [0.5, 0.6) is 11.5 Å². The second-order valence-corrected chi connectivity index (χ2v) is 5.84. The predicted octanol–water partition coefficient (Wildman–Crippen LogP) is 2.18. The smallest absolute Gasteiger partial charge is 0.257 e. The number of piperazine rings is 1. The van der Waals surface area contributed by atoms with E-state index >= 15 is 0 Å². The summed E-state index contributed by atoms with van der Waals surface area (Å²) in [6, 6.07) is 5.18. The van der Waals surface area contributed by atoms with Crippen LogP contribution in [0.25, 0.3) is 0 Å². The summed E-state index contributed by atoms with van der Waals surface area (Å²) in [4.78, 5) is 28.4. The van der Waals surface area contributed by atoms with Crippen LogP contribution in [-0.2, 0) is 4.79 Å². The van der Waals surface area contributed by atoms with Crippen molar-refractivity contribution in [2.75, 3.05) is 40.4 Å². The number of nitrogens with zero attached hydrogens (tertiary/aromatic N) is 2. The van der Waals surface area contributed by atoms with E-state index < -0.39 is 0 Å². The van der Waals surface area contributed by atoms with Crippen LogP contribution >= 0.6 is 0 Å². The zero-order valence-electron chi connectivity index (χ0n) is 14.7. The minimum absolute atomic E-state index is 0.0739.